The highest BCUT2D eigenvalue weighted by atomic mass is 16.6. The standard InChI is InChI=1S/C30H51N3O8/c1-9-10-16-33(17-15-31-26(35)41-28(4,5)6)18-23(34)32-27(36)39-21-13-14-30(19-38-30)25(24(21)37-8)29(7)22(40-29)12-11-20(2)3/h11,21-22,24-25H,9-10,12-19H2,1-8H3,(H,31,35)(H,32,34,36)/t21?,22-,24?,25?,29?,30+/m1/s1. The van der Waals surface area contributed by atoms with Gasteiger partial charge in [0.25, 0.3) is 0 Å². The van der Waals surface area contributed by atoms with Gasteiger partial charge in [-0.2, -0.15) is 0 Å². The Kier molecular flexibility index (Phi) is 11.2. The Morgan fingerprint density at radius 1 is 1.15 bits per heavy atom. The van der Waals surface area contributed by atoms with Crippen LogP contribution in [-0.4, -0.2) is 98.0 Å². The summed E-state index contributed by atoms with van der Waals surface area (Å²) in [7, 11) is 1.62. The van der Waals surface area contributed by atoms with Crippen molar-refractivity contribution in [2.24, 2.45) is 5.92 Å². The highest BCUT2D eigenvalue weighted by molar-refractivity contribution is 5.92. The van der Waals surface area contributed by atoms with Gasteiger partial charge in [-0.25, -0.2) is 9.59 Å². The molecule has 41 heavy (non-hydrogen) atoms. The summed E-state index contributed by atoms with van der Waals surface area (Å²) in [6, 6.07) is 0. The number of hydrogen-bond acceptors (Lipinski definition) is 9. The molecule has 234 valence electrons. The van der Waals surface area contributed by atoms with Crippen LogP contribution in [-0.2, 0) is 28.5 Å². The molecule has 2 saturated heterocycles. The molecule has 2 aliphatic heterocycles. The number of epoxide rings is 2. The van der Waals surface area contributed by atoms with Gasteiger partial charge in [-0.1, -0.05) is 25.0 Å². The van der Waals surface area contributed by atoms with E-state index >= 15 is 0 Å². The number of hydrogen-bond donors (Lipinski definition) is 2. The fourth-order valence-electron chi connectivity index (χ4n) is 5.88. The van der Waals surface area contributed by atoms with Gasteiger partial charge in [-0.15, -0.1) is 0 Å². The summed E-state index contributed by atoms with van der Waals surface area (Å²) in [6.07, 6.45) is 3.90. The average Bonchev–Trinajstić information content (AvgIpc) is 3.77. The lowest BCUT2D eigenvalue weighted by molar-refractivity contribution is -0.126. The SMILES string of the molecule is CCCCN(CCNC(=O)OC(C)(C)C)CC(=O)NC(=O)OC1CC[C@]2(CO2)C(C2(C)O[C@@H]2CC=C(C)C)C1OC. The van der Waals surface area contributed by atoms with E-state index in [-0.39, 0.29) is 24.2 Å². The second kappa shape index (κ2) is 13.8. The number of nitrogens with zero attached hydrogens (tertiary/aromatic N) is 1. The number of alkyl carbamates (subject to hydrolysis) is 2. The van der Waals surface area contributed by atoms with Crippen molar-refractivity contribution in [1.82, 2.24) is 15.5 Å². The summed E-state index contributed by atoms with van der Waals surface area (Å²) in [5, 5.41) is 5.09. The van der Waals surface area contributed by atoms with Crippen molar-refractivity contribution < 1.29 is 38.1 Å². The first-order valence-electron chi connectivity index (χ1n) is 14.9. The van der Waals surface area contributed by atoms with E-state index in [4.69, 9.17) is 23.7 Å². The smallest absolute Gasteiger partial charge is 0.414 e. The van der Waals surface area contributed by atoms with E-state index in [1.807, 2.05) is 4.90 Å². The third-order valence-corrected chi connectivity index (χ3v) is 8.03. The molecule has 1 aliphatic carbocycles. The van der Waals surface area contributed by atoms with E-state index in [2.05, 4.69) is 44.4 Å². The summed E-state index contributed by atoms with van der Waals surface area (Å²) in [6.45, 7) is 15.7. The molecule has 2 N–H and O–H groups in total. The summed E-state index contributed by atoms with van der Waals surface area (Å²) in [4.78, 5) is 39.5. The number of carbonyl (C=O) groups is 3. The molecular weight excluding hydrogens is 530 g/mol. The molecule has 2 heterocycles. The van der Waals surface area contributed by atoms with Gasteiger partial charge >= 0.3 is 12.2 Å². The molecule has 11 heteroatoms. The van der Waals surface area contributed by atoms with Gasteiger partial charge in [-0.3, -0.25) is 15.0 Å². The lowest BCUT2D eigenvalue weighted by Crippen LogP contribution is -2.56. The molecule has 4 unspecified atom stereocenters. The molecule has 3 aliphatic rings. The fraction of sp³-hybridized carbons (Fsp3) is 0.833. The number of nitrogens with one attached hydrogen (secondary N) is 2. The Morgan fingerprint density at radius 3 is 2.44 bits per heavy atom. The van der Waals surface area contributed by atoms with Gasteiger partial charge in [0.2, 0.25) is 5.91 Å². The maximum atomic E-state index is 12.8. The fourth-order valence-corrected chi connectivity index (χ4v) is 5.88. The molecule has 1 saturated carbocycles. The van der Waals surface area contributed by atoms with Crippen molar-refractivity contribution in [2.45, 2.75) is 116 Å². The first-order valence-corrected chi connectivity index (χ1v) is 14.9. The van der Waals surface area contributed by atoms with Crippen LogP contribution in [0.4, 0.5) is 9.59 Å². The maximum absolute atomic E-state index is 12.8. The van der Waals surface area contributed by atoms with Gasteiger partial charge in [0.05, 0.1) is 25.2 Å². The van der Waals surface area contributed by atoms with Gasteiger partial charge < -0.3 is 29.0 Å². The molecule has 0 aromatic heterocycles. The van der Waals surface area contributed by atoms with E-state index in [0.29, 0.717) is 32.7 Å². The van der Waals surface area contributed by atoms with E-state index in [1.165, 1.54) is 5.57 Å². The van der Waals surface area contributed by atoms with Crippen molar-refractivity contribution in [1.29, 1.82) is 0 Å². The minimum atomic E-state index is -0.793. The normalized spacial score (nSPS) is 30.5. The van der Waals surface area contributed by atoms with Crippen molar-refractivity contribution in [3.05, 3.63) is 11.6 Å². The van der Waals surface area contributed by atoms with E-state index in [1.54, 1.807) is 27.9 Å². The predicted octanol–water partition coefficient (Wildman–Crippen LogP) is 3.94. The van der Waals surface area contributed by atoms with Crippen LogP contribution >= 0.6 is 0 Å². The highest BCUT2D eigenvalue weighted by Gasteiger charge is 2.72. The Labute approximate surface area is 245 Å². The molecule has 6 atom stereocenters. The molecular formula is C30H51N3O8. The molecule has 3 rings (SSSR count). The number of unbranched alkanes of at least 4 members (excludes halogenated alkanes) is 1. The average molecular weight is 582 g/mol. The van der Waals surface area contributed by atoms with Gasteiger partial charge in [0, 0.05) is 20.2 Å². The lowest BCUT2D eigenvalue weighted by atomic mass is 9.68. The second-order valence-electron chi connectivity index (χ2n) is 12.9. The van der Waals surface area contributed by atoms with Gasteiger partial charge in [0.1, 0.15) is 29.0 Å². The zero-order valence-corrected chi connectivity index (χ0v) is 26.2. The summed E-state index contributed by atoms with van der Waals surface area (Å²) < 4.78 is 29.1. The largest absolute Gasteiger partial charge is 0.444 e. The highest BCUT2D eigenvalue weighted by Crippen LogP contribution is 2.59. The van der Waals surface area contributed by atoms with Crippen LogP contribution in [0.15, 0.2) is 11.6 Å². The molecule has 3 amide bonds. The second-order valence-corrected chi connectivity index (χ2v) is 12.9. The summed E-state index contributed by atoms with van der Waals surface area (Å²) >= 11 is 0. The van der Waals surface area contributed by atoms with E-state index in [0.717, 1.165) is 25.7 Å². The minimum absolute atomic E-state index is 0.000994. The molecule has 0 aromatic rings. The first-order chi connectivity index (χ1) is 19.2. The molecule has 0 radical (unpaired) electrons. The van der Waals surface area contributed by atoms with Crippen molar-refractivity contribution in [3.63, 3.8) is 0 Å². The van der Waals surface area contributed by atoms with Crippen molar-refractivity contribution >= 4 is 18.1 Å². The zero-order valence-electron chi connectivity index (χ0n) is 26.2. The van der Waals surface area contributed by atoms with Crippen molar-refractivity contribution in [3.8, 4) is 0 Å². The number of amides is 3. The summed E-state index contributed by atoms with van der Waals surface area (Å²) in [5.74, 6) is -0.564. The number of rotatable bonds is 13. The number of methoxy groups -OCH3 is 1. The molecule has 11 nitrogen and oxygen atoms in total. The Bertz CT molecular complexity index is 956. The third-order valence-electron chi connectivity index (χ3n) is 8.03. The van der Waals surface area contributed by atoms with E-state index < -0.39 is 41.5 Å². The third kappa shape index (κ3) is 9.39. The number of imide groups is 1. The lowest BCUT2D eigenvalue weighted by Gasteiger charge is -2.42. The monoisotopic (exact) mass is 581 g/mol. The molecule has 1 spiro atoms. The number of carbonyl (C=O) groups excluding carboxylic acids is 3. The Hall–Kier alpha value is -2.21. The van der Waals surface area contributed by atoms with E-state index in [9.17, 15) is 14.4 Å². The molecule has 3 fully saturated rings. The van der Waals surface area contributed by atoms with Crippen LogP contribution in [0.2, 0.25) is 0 Å². The quantitative estimate of drug-likeness (QED) is 0.245. The van der Waals surface area contributed by atoms with Crippen LogP contribution in [0, 0.1) is 5.92 Å². The van der Waals surface area contributed by atoms with Crippen LogP contribution < -0.4 is 10.6 Å². The van der Waals surface area contributed by atoms with Crippen LogP contribution in [0.25, 0.3) is 0 Å². The van der Waals surface area contributed by atoms with Crippen LogP contribution in [0.3, 0.4) is 0 Å². The minimum Gasteiger partial charge on any atom is -0.444 e. The summed E-state index contributed by atoms with van der Waals surface area (Å²) in [5.41, 5.74) is -0.115. The topological polar surface area (TPSA) is 131 Å². The molecule has 0 aromatic carbocycles. The van der Waals surface area contributed by atoms with Crippen LogP contribution in [0.1, 0.15) is 80.6 Å². The van der Waals surface area contributed by atoms with Gasteiger partial charge in [0.15, 0.2) is 0 Å². The maximum Gasteiger partial charge on any atom is 0.414 e. The number of ether oxygens (including phenoxy) is 5. The number of allylic oxidation sites excluding steroid dienone is 1. The van der Waals surface area contributed by atoms with Gasteiger partial charge in [-0.05, 0) is 73.8 Å². The Morgan fingerprint density at radius 2 is 1.85 bits per heavy atom. The molecule has 0 bridgehead atoms. The Balaban J connectivity index is 1.53. The zero-order chi connectivity index (χ0) is 30.4. The van der Waals surface area contributed by atoms with Crippen LogP contribution in [0.5, 0.6) is 0 Å². The van der Waals surface area contributed by atoms with Crippen molar-refractivity contribution in [2.75, 3.05) is 39.9 Å². The predicted molar refractivity (Wildman–Crippen MR) is 154 cm³/mol. The first kappa shape index (κ1) is 33.3.